The number of nitrogens with zero attached hydrogens (tertiary/aromatic N) is 1. The Bertz CT molecular complexity index is 853. The molecule has 2 aromatic carbocycles. The number of carbonyl (C=O) groups excluding carboxylic acids is 2. The number of hydrogen-bond acceptors (Lipinski definition) is 5. The summed E-state index contributed by atoms with van der Waals surface area (Å²) in [6.07, 6.45) is 1.97. The Morgan fingerprint density at radius 2 is 1.69 bits per heavy atom. The predicted molar refractivity (Wildman–Crippen MR) is 123 cm³/mol. The highest BCUT2D eigenvalue weighted by molar-refractivity contribution is 5.89. The van der Waals surface area contributed by atoms with Crippen LogP contribution in [0.4, 0.5) is 0 Å². The van der Waals surface area contributed by atoms with Gasteiger partial charge < -0.3 is 25.6 Å². The monoisotopic (exact) mass is 436 g/mol. The van der Waals surface area contributed by atoms with Gasteiger partial charge >= 0.3 is 0 Å². The molecule has 2 saturated heterocycles. The van der Waals surface area contributed by atoms with Crippen molar-refractivity contribution < 1.29 is 14.3 Å². The van der Waals surface area contributed by atoms with Crippen LogP contribution in [0, 0.1) is 0 Å². The van der Waals surface area contributed by atoms with Gasteiger partial charge in [-0.05, 0) is 31.0 Å². The van der Waals surface area contributed by atoms with E-state index in [4.69, 9.17) is 4.74 Å². The lowest BCUT2D eigenvalue weighted by Gasteiger charge is -2.32. The van der Waals surface area contributed by atoms with E-state index in [1.807, 2.05) is 41.3 Å². The van der Waals surface area contributed by atoms with Crippen molar-refractivity contribution in [3.63, 3.8) is 0 Å². The second-order valence-corrected chi connectivity index (χ2v) is 8.40. The fraction of sp³-hybridized carbons (Fsp3) is 0.440. The van der Waals surface area contributed by atoms with Crippen LogP contribution in [0.15, 0.2) is 60.7 Å². The largest absolute Gasteiger partial charge is 0.358 e. The zero-order chi connectivity index (χ0) is 22.3. The van der Waals surface area contributed by atoms with Gasteiger partial charge in [0.1, 0.15) is 12.3 Å². The molecule has 2 aliphatic rings. The molecule has 0 aliphatic carbocycles. The molecule has 170 valence electrons. The zero-order valence-corrected chi connectivity index (χ0v) is 18.5. The Kier molecular flexibility index (Phi) is 7.52. The van der Waals surface area contributed by atoms with Crippen molar-refractivity contribution in [3.05, 3.63) is 71.8 Å². The Balaban J connectivity index is 1.48. The van der Waals surface area contributed by atoms with Gasteiger partial charge in [0.2, 0.25) is 11.8 Å². The molecule has 4 rings (SSSR count). The predicted octanol–water partition coefficient (Wildman–Crippen LogP) is 1.81. The van der Waals surface area contributed by atoms with E-state index in [1.54, 1.807) is 7.05 Å². The number of likely N-dealkylation sites (N-methyl/N-ethyl adjacent to an activating group) is 1. The number of ether oxygens (including phenoxy) is 1. The summed E-state index contributed by atoms with van der Waals surface area (Å²) in [6, 6.07) is 20.2. The number of nitrogens with one attached hydrogen (secondary N) is 3. The number of amides is 2. The molecule has 0 spiro atoms. The van der Waals surface area contributed by atoms with E-state index in [-0.39, 0.29) is 36.7 Å². The summed E-state index contributed by atoms with van der Waals surface area (Å²) < 4.78 is 5.99. The zero-order valence-electron chi connectivity index (χ0n) is 18.5. The van der Waals surface area contributed by atoms with Crippen molar-refractivity contribution in [2.75, 3.05) is 26.7 Å². The minimum atomic E-state index is -0.541. The van der Waals surface area contributed by atoms with Gasteiger partial charge in [-0.25, -0.2) is 0 Å². The Hall–Kier alpha value is -2.74. The maximum absolute atomic E-state index is 13.3. The van der Waals surface area contributed by atoms with Crippen LogP contribution in [-0.4, -0.2) is 61.8 Å². The van der Waals surface area contributed by atoms with Gasteiger partial charge in [-0.2, -0.15) is 0 Å². The molecule has 32 heavy (non-hydrogen) atoms. The molecule has 3 atom stereocenters. The molecule has 2 aromatic rings. The Labute approximate surface area is 189 Å². The molecule has 0 saturated carbocycles. The van der Waals surface area contributed by atoms with Gasteiger partial charge in [0, 0.05) is 19.0 Å². The van der Waals surface area contributed by atoms with Crippen molar-refractivity contribution in [2.45, 2.75) is 43.6 Å². The number of carbonyl (C=O) groups is 2. The smallest absolute Gasteiger partial charge is 0.247 e. The first-order valence-corrected chi connectivity index (χ1v) is 11.4. The summed E-state index contributed by atoms with van der Waals surface area (Å²) in [4.78, 5) is 27.3. The maximum atomic E-state index is 13.3. The number of benzene rings is 2. The van der Waals surface area contributed by atoms with Gasteiger partial charge in [-0.15, -0.1) is 0 Å². The fourth-order valence-electron chi connectivity index (χ4n) is 4.67. The lowest BCUT2D eigenvalue weighted by atomic mass is 9.98. The van der Waals surface area contributed by atoms with E-state index in [0.717, 1.165) is 12.8 Å². The van der Waals surface area contributed by atoms with E-state index in [0.29, 0.717) is 19.6 Å². The first-order chi connectivity index (χ1) is 15.7. The van der Waals surface area contributed by atoms with E-state index in [2.05, 4.69) is 40.2 Å². The van der Waals surface area contributed by atoms with Crippen molar-refractivity contribution in [1.29, 1.82) is 0 Å². The second kappa shape index (κ2) is 10.7. The minimum absolute atomic E-state index is 0.0178. The standard InChI is InChI=1S/C25H32N4O3/c1-26-17-22(30)28-21-14-15-32-23-13-12-20(29(23)25(21)31)16-27-24(18-8-4-2-5-9-18)19-10-6-3-7-11-19/h2-11,20-21,23-24,26-27H,12-17H2,1H3,(H,28,30)/t20?,21-,23-/m0/s1. The molecule has 2 amide bonds. The fourth-order valence-corrected chi connectivity index (χ4v) is 4.67. The van der Waals surface area contributed by atoms with Crippen LogP contribution >= 0.6 is 0 Å². The lowest BCUT2D eigenvalue weighted by molar-refractivity contribution is -0.143. The average Bonchev–Trinajstić information content (AvgIpc) is 3.15. The van der Waals surface area contributed by atoms with Crippen molar-refractivity contribution >= 4 is 11.8 Å². The van der Waals surface area contributed by atoms with Crippen LogP contribution < -0.4 is 16.0 Å². The third kappa shape index (κ3) is 5.18. The summed E-state index contributed by atoms with van der Waals surface area (Å²) >= 11 is 0. The highest BCUT2D eigenvalue weighted by Crippen LogP contribution is 2.30. The van der Waals surface area contributed by atoms with Crippen molar-refractivity contribution in [1.82, 2.24) is 20.9 Å². The number of rotatable bonds is 8. The molecule has 0 radical (unpaired) electrons. The molecule has 7 heteroatoms. The molecule has 2 heterocycles. The highest BCUT2D eigenvalue weighted by atomic mass is 16.5. The molecular weight excluding hydrogens is 404 g/mol. The molecule has 2 aliphatic heterocycles. The van der Waals surface area contributed by atoms with E-state index < -0.39 is 6.04 Å². The normalized spacial score (nSPS) is 23.1. The first-order valence-electron chi connectivity index (χ1n) is 11.4. The Morgan fingerprint density at radius 3 is 2.31 bits per heavy atom. The Morgan fingerprint density at radius 1 is 1.03 bits per heavy atom. The summed E-state index contributed by atoms with van der Waals surface area (Å²) in [5.74, 6) is -0.219. The van der Waals surface area contributed by atoms with Gasteiger partial charge in [0.25, 0.3) is 0 Å². The van der Waals surface area contributed by atoms with Gasteiger partial charge in [-0.3, -0.25) is 9.59 Å². The molecule has 2 fully saturated rings. The molecule has 1 unspecified atom stereocenters. The first kappa shape index (κ1) is 22.5. The lowest BCUT2D eigenvalue weighted by Crippen LogP contribution is -2.54. The third-order valence-electron chi connectivity index (χ3n) is 6.22. The van der Waals surface area contributed by atoms with Crippen LogP contribution in [0.2, 0.25) is 0 Å². The molecule has 3 N–H and O–H groups in total. The van der Waals surface area contributed by atoms with E-state index >= 15 is 0 Å². The summed E-state index contributed by atoms with van der Waals surface area (Å²) in [5, 5.41) is 9.39. The molecule has 7 nitrogen and oxygen atoms in total. The van der Waals surface area contributed by atoms with E-state index in [9.17, 15) is 9.59 Å². The summed E-state index contributed by atoms with van der Waals surface area (Å²) in [6.45, 7) is 1.31. The van der Waals surface area contributed by atoms with Crippen LogP contribution in [0.1, 0.15) is 36.4 Å². The molecule has 0 aromatic heterocycles. The quantitative estimate of drug-likeness (QED) is 0.588. The topological polar surface area (TPSA) is 82.7 Å². The maximum Gasteiger partial charge on any atom is 0.247 e. The van der Waals surface area contributed by atoms with E-state index in [1.165, 1.54) is 11.1 Å². The van der Waals surface area contributed by atoms with Crippen LogP contribution in [0.3, 0.4) is 0 Å². The summed E-state index contributed by atoms with van der Waals surface area (Å²) in [7, 11) is 1.71. The molecule has 0 bridgehead atoms. The van der Waals surface area contributed by atoms with Crippen LogP contribution in [0.5, 0.6) is 0 Å². The second-order valence-electron chi connectivity index (χ2n) is 8.40. The number of hydrogen-bond donors (Lipinski definition) is 3. The van der Waals surface area contributed by atoms with Crippen molar-refractivity contribution in [3.8, 4) is 0 Å². The molecular formula is C25H32N4O3. The van der Waals surface area contributed by atoms with Crippen LogP contribution in [0.25, 0.3) is 0 Å². The SMILES string of the molecule is CNCC(=O)N[C@H]1CCO[C@H]2CCC(CNC(c3ccccc3)c3ccccc3)N2C1=O. The summed E-state index contributed by atoms with van der Waals surface area (Å²) in [5.41, 5.74) is 2.37. The number of fused-ring (bicyclic) bond motifs is 1. The third-order valence-corrected chi connectivity index (χ3v) is 6.22. The average molecular weight is 437 g/mol. The highest BCUT2D eigenvalue weighted by Gasteiger charge is 2.42. The van der Waals surface area contributed by atoms with Gasteiger partial charge in [0.05, 0.1) is 19.2 Å². The van der Waals surface area contributed by atoms with Gasteiger partial charge in [0.15, 0.2) is 0 Å². The van der Waals surface area contributed by atoms with Crippen LogP contribution in [-0.2, 0) is 14.3 Å². The van der Waals surface area contributed by atoms with Crippen molar-refractivity contribution in [2.24, 2.45) is 0 Å². The minimum Gasteiger partial charge on any atom is -0.358 e. The van der Waals surface area contributed by atoms with Gasteiger partial charge in [-0.1, -0.05) is 60.7 Å².